The highest BCUT2D eigenvalue weighted by Crippen LogP contribution is 2.30. The van der Waals surface area contributed by atoms with Crippen molar-refractivity contribution in [1.82, 2.24) is 4.90 Å². The molecule has 1 aliphatic heterocycles. The largest absolute Gasteiger partial charge is 0.294 e. The lowest BCUT2D eigenvalue weighted by Crippen LogP contribution is -2.47. The van der Waals surface area contributed by atoms with Crippen molar-refractivity contribution in [3.63, 3.8) is 0 Å². The molecule has 1 aliphatic rings. The van der Waals surface area contributed by atoms with Crippen LogP contribution in [0.1, 0.15) is 25.0 Å². The summed E-state index contributed by atoms with van der Waals surface area (Å²) in [7, 11) is 0. The Morgan fingerprint density at radius 3 is 2.42 bits per heavy atom. The predicted molar refractivity (Wildman–Crippen MR) is 99.9 cm³/mol. The smallest absolute Gasteiger partial charge is 0.167 e. The summed E-state index contributed by atoms with van der Waals surface area (Å²) in [6, 6.07) is 18.0. The maximum absolute atomic E-state index is 12.8. The minimum Gasteiger partial charge on any atom is -0.294 e. The van der Waals surface area contributed by atoms with Crippen LogP contribution in [-0.2, 0) is 11.3 Å². The Hall–Kier alpha value is -1.90. The van der Waals surface area contributed by atoms with E-state index in [0.29, 0.717) is 11.6 Å². The molecule has 0 N–H and O–H groups in total. The summed E-state index contributed by atoms with van der Waals surface area (Å²) in [4.78, 5) is 15.1. The van der Waals surface area contributed by atoms with Gasteiger partial charge in [0.15, 0.2) is 5.78 Å². The number of benzene rings is 2. The molecule has 0 atom stereocenters. The maximum atomic E-state index is 12.8. The lowest BCUT2D eigenvalue weighted by Gasteiger charge is -2.38. The van der Waals surface area contributed by atoms with Gasteiger partial charge < -0.3 is 0 Å². The van der Waals surface area contributed by atoms with Gasteiger partial charge >= 0.3 is 0 Å². The first-order valence-electron chi connectivity index (χ1n) is 8.21. The third kappa shape index (κ3) is 3.95. The molecule has 3 rings (SSSR count). The quantitative estimate of drug-likeness (QED) is 0.746. The molecule has 24 heavy (non-hydrogen) atoms. The summed E-state index contributed by atoms with van der Waals surface area (Å²) in [6.07, 6.45) is 2.00. The van der Waals surface area contributed by atoms with Gasteiger partial charge in [0.2, 0.25) is 0 Å². The SMILES string of the molecule is CC1(C)CN(Cc2ccccc2)C/C(=C/c2ccc(Cl)cc2)C1=O. The number of carbonyl (C=O) groups is 1. The standard InChI is InChI=1S/C21H22ClNO/c1-21(2)15-23(13-17-6-4-3-5-7-17)14-18(20(21)24)12-16-8-10-19(22)11-9-16/h3-12H,13-15H2,1-2H3/b18-12-. The van der Waals surface area contributed by atoms with Gasteiger partial charge in [-0.3, -0.25) is 9.69 Å². The Morgan fingerprint density at radius 2 is 1.75 bits per heavy atom. The van der Waals surface area contributed by atoms with E-state index in [-0.39, 0.29) is 11.2 Å². The van der Waals surface area contributed by atoms with Gasteiger partial charge in [0, 0.05) is 35.6 Å². The van der Waals surface area contributed by atoms with Crippen LogP contribution in [0.2, 0.25) is 5.02 Å². The van der Waals surface area contributed by atoms with Crippen molar-refractivity contribution in [1.29, 1.82) is 0 Å². The third-order valence-electron chi connectivity index (χ3n) is 4.38. The molecule has 0 bridgehead atoms. The van der Waals surface area contributed by atoms with Gasteiger partial charge in [-0.1, -0.05) is 67.9 Å². The highest BCUT2D eigenvalue weighted by atomic mass is 35.5. The van der Waals surface area contributed by atoms with Crippen LogP contribution in [0.25, 0.3) is 6.08 Å². The first-order chi connectivity index (χ1) is 11.4. The molecule has 1 heterocycles. The molecule has 1 saturated heterocycles. The van der Waals surface area contributed by atoms with E-state index in [1.165, 1.54) is 5.56 Å². The highest BCUT2D eigenvalue weighted by molar-refractivity contribution is 6.30. The summed E-state index contributed by atoms with van der Waals surface area (Å²) in [6.45, 7) is 6.37. The number of rotatable bonds is 3. The Bertz CT molecular complexity index is 747. The molecule has 0 saturated carbocycles. The van der Waals surface area contributed by atoms with Crippen LogP contribution < -0.4 is 0 Å². The lowest BCUT2D eigenvalue weighted by atomic mass is 9.79. The van der Waals surface area contributed by atoms with Crippen LogP contribution in [0.15, 0.2) is 60.2 Å². The van der Waals surface area contributed by atoms with E-state index >= 15 is 0 Å². The number of nitrogens with zero attached hydrogens (tertiary/aromatic N) is 1. The second kappa shape index (κ2) is 6.92. The molecule has 0 radical (unpaired) electrons. The van der Waals surface area contributed by atoms with E-state index in [4.69, 9.17) is 11.6 Å². The average molecular weight is 340 g/mol. The number of carbonyl (C=O) groups excluding carboxylic acids is 1. The van der Waals surface area contributed by atoms with E-state index in [0.717, 1.165) is 24.2 Å². The number of ketones is 1. The van der Waals surface area contributed by atoms with Gasteiger partial charge in [-0.25, -0.2) is 0 Å². The summed E-state index contributed by atoms with van der Waals surface area (Å²) in [5.41, 5.74) is 2.78. The topological polar surface area (TPSA) is 20.3 Å². The highest BCUT2D eigenvalue weighted by Gasteiger charge is 2.37. The second-order valence-electron chi connectivity index (χ2n) is 7.06. The van der Waals surface area contributed by atoms with E-state index in [1.54, 1.807) is 0 Å². The Morgan fingerprint density at radius 1 is 1.08 bits per heavy atom. The first-order valence-corrected chi connectivity index (χ1v) is 8.59. The summed E-state index contributed by atoms with van der Waals surface area (Å²) in [5.74, 6) is 0.238. The molecule has 3 heteroatoms. The van der Waals surface area contributed by atoms with E-state index in [1.807, 2.05) is 50.3 Å². The number of halogens is 1. The van der Waals surface area contributed by atoms with Crippen molar-refractivity contribution in [3.05, 3.63) is 76.3 Å². The molecule has 2 aromatic carbocycles. The van der Waals surface area contributed by atoms with Crippen LogP contribution in [0, 0.1) is 5.41 Å². The van der Waals surface area contributed by atoms with E-state index < -0.39 is 0 Å². The van der Waals surface area contributed by atoms with Crippen LogP contribution in [0.5, 0.6) is 0 Å². The second-order valence-corrected chi connectivity index (χ2v) is 7.50. The molecular weight excluding hydrogens is 318 g/mol. The fourth-order valence-corrected chi connectivity index (χ4v) is 3.38. The summed E-state index contributed by atoms with van der Waals surface area (Å²) >= 11 is 5.95. The van der Waals surface area contributed by atoms with Crippen LogP contribution in [0.4, 0.5) is 0 Å². The van der Waals surface area contributed by atoms with Crippen molar-refractivity contribution in [3.8, 4) is 0 Å². The minimum atomic E-state index is -0.370. The van der Waals surface area contributed by atoms with Gasteiger partial charge in [-0.2, -0.15) is 0 Å². The molecule has 1 fully saturated rings. The van der Waals surface area contributed by atoms with Crippen LogP contribution in [-0.4, -0.2) is 23.8 Å². The third-order valence-corrected chi connectivity index (χ3v) is 4.63. The Labute approximate surface area is 148 Å². The molecule has 2 aromatic rings. The first kappa shape index (κ1) is 16.9. The molecule has 0 aliphatic carbocycles. The monoisotopic (exact) mass is 339 g/mol. The van der Waals surface area contributed by atoms with Crippen molar-refractivity contribution in [2.24, 2.45) is 5.41 Å². The predicted octanol–water partition coefficient (Wildman–Crippen LogP) is 4.83. The van der Waals surface area contributed by atoms with E-state index in [9.17, 15) is 4.79 Å². The minimum absolute atomic E-state index is 0.238. The summed E-state index contributed by atoms with van der Waals surface area (Å²) < 4.78 is 0. The Kier molecular flexibility index (Phi) is 4.88. The van der Waals surface area contributed by atoms with Gasteiger partial charge in [-0.05, 0) is 29.3 Å². The van der Waals surface area contributed by atoms with E-state index in [2.05, 4.69) is 29.2 Å². The van der Waals surface area contributed by atoms with Crippen molar-refractivity contribution in [2.75, 3.05) is 13.1 Å². The normalized spacial score (nSPS) is 19.6. The fraction of sp³-hybridized carbons (Fsp3) is 0.286. The number of likely N-dealkylation sites (tertiary alicyclic amines) is 1. The van der Waals surface area contributed by atoms with Crippen molar-refractivity contribution < 1.29 is 4.79 Å². The molecule has 0 aromatic heterocycles. The molecule has 0 amide bonds. The molecule has 124 valence electrons. The number of Topliss-reactive ketones (excluding diaryl/α,β-unsaturated/α-hetero) is 1. The maximum Gasteiger partial charge on any atom is 0.167 e. The number of hydrogen-bond acceptors (Lipinski definition) is 2. The fourth-order valence-electron chi connectivity index (χ4n) is 3.26. The molecule has 0 spiro atoms. The summed E-state index contributed by atoms with van der Waals surface area (Å²) in [5, 5.41) is 0.707. The van der Waals surface area contributed by atoms with Gasteiger partial charge in [0.05, 0.1) is 0 Å². The number of piperidine rings is 1. The average Bonchev–Trinajstić information content (AvgIpc) is 2.55. The molecule has 2 nitrogen and oxygen atoms in total. The zero-order chi connectivity index (χ0) is 17.2. The molecular formula is C21H22ClNO. The van der Waals surface area contributed by atoms with Gasteiger partial charge in [0.25, 0.3) is 0 Å². The Balaban J connectivity index is 1.85. The van der Waals surface area contributed by atoms with Crippen molar-refractivity contribution in [2.45, 2.75) is 20.4 Å². The van der Waals surface area contributed by atoms with Crippen molar-refractivity contribution >= 4 is 23.5 Å². The number of hydrogen-bond donors (Lipinski definition) is 0. The molecule has 0 unspecified atom stereocenters. The zero-order valence-corrected chi connectivity index (χ0v) is 14.9. The van der Waals surface area contributed by atoms with Gasteiger partial charge in [-0.15, -0.1) is 0 Å². The van der Waals surface area contributed by atoms with Crippen LogP contribution >= 0.6 is 11.6 Å². The zero-order valence-electron chi connectivity index (χ0n) is 14.1. The lowest BCUT2D eigenvalue weighted by molar-refractivity contribution is -0.126. The van der Waals surface area contributed by atoms with Gasteiger partial charge in [0.1, 0.15) is 0 Å². The van der Waals surface area contributed by atoms with Crippen LogP contribution in [0.3, 0.4) is 0 Å².